The lowest BCUT2D eigenvalue weighted by atomic mass is 9.99. The fourth-order valence-corrected chi connectivity index (χ4v) is 3.58. The van der Waals surface area contributed by atoms with E-state index in [4.69, 9.17) is 22.1 Å². The first-order chi connectivity index (χ1) is 9.70. The summed E-state index contributed by atoms with van der Waals surface area (Å²) < 4.78 is 6.41. The molecule has 0 saturated heterocycles. The predicted molar refractivity (Wildman–Crippen MR) is 85.9 cm³/mol. The second-order valence-corrected chi connectivity index (χ2v) is 5.87. The summed E-state index contributed by atoms with van der Waals surface area (Å²) in [5.41, 5.74) is 8.42. The maximum absolute atomic E-state index is 6.40. The normalized spacial score (nSPS) is 12.6. The molecule has 0 fully saturated rings. The van der Waals surface area contributed by atoms with Crippen molar-refractivity contribution in [2.45, 2.75) is 6.04 Å². The van der Waals surface area contributed by atoms with E-state index in [9.17, 15) is 0 Å². The number of benzene rings is 2. The van der Waals surface area contributed by atoms with Crippen molar-refractivity contribution in [3.63, 3.8) is 0 Å². The van der Waals surface area contributed by atoms with Gasteiger partial charge in [0.15, 0.2) is 0 Å². The molecule has 0 saturated carbocycles. The van der Waals surface area contributed by atoms with Crippen LogP contribution in [0.2, 0.25) is 5.02 Å². The van der Waals surface area contributed by atoms with E-state index in [0.29, 0.717) is 5.02 Å². The van der Waals surface area contributed by atoms with Gasteiger partial charge in [-0.05, 0) is 40.1 Å². The van der Waals surface area contributed by atoms with Gasteiger partial charge in [-0.1, -0.05) is 35.9 Å². The van der Waals surface area contributed by atoms with E-state index in [2.05, 4.69) is 17.5 Å². The Labute approximate surface area is 126 Å². The van der Waals surface area contributed by atoms with Gasteiger partial charge >= 0.3 is 0 Å². The first-order valence-corrected chi connectivity index (χ1v) is 7.51. The van der Waals surface area contributed by atoms with Gasteiger partial charge in [0.2, 0.25) is 0 Å². The van der Waals surface area contributed by atoms with E-state index in [1.54, 1.807) is 24.5 Å². The van der Waals surface area contributed by atoms with Crippen LogP contribution in [0.5, 0.6) is 5.75 Å². The molecule has 2 aromatic carbocycles. The number of methoxy groups -OCH3 is 1. The fourth-order valence-electron chi connectivity index (χ4n) is 2.29. The van der Waals surface area contributed by atoms with Crippen LogP contribution in [0.4, 0.5) is 0 Å². The third kappa shape index (κ3) is 2.29. The molecule has 0 aliphatic heterocycles. The van der Waals surface area contributed by atoms with Crippen molar-refractivity contribution >= 4 is 33.0 Å². The maximum atomic E-state index is 6.40. The van der Waals surface area contributed by atoms with Crippen LogP contribution in [-0.2, 0) is 0 Å². The molecule has 1 aromatic heterocycles. The van der Waals surface area contributed by atoms with Gasteiger partial charge in [0, 0.05) is 9.72 Å². The molecule has 0 aliphatic carbocycles. The van der Waals surface area contributed by atoms with Gasteiger partial charge in [-0.2, -0.15) is 0 Å². The standard InChI is InChI=1S/C16H14ClNOS/c1-19-10-6-7-12(14(17)8-10)16(18)13-9-20-15-5-3-2-4-11(13)15/h2-9,16H,18H2,1H3. The molecule has 0 amide bonds. The molecular weight excluding hydrogens is 290 g/mol. The molecule has 102 valence electrons. The van der Waals surface area contributed by atoms with E-state index in [-0.39, 0.29) is 6.04 Å². The summed E-state index contributed by atoms with van der Waals surface area (Å²) in [6.07, 6.45) is 0. The molecular formula is C16H14ClNOS. The number of thiophene rings is 1. The second kappa shape index (κ2) is 5.44. The molecule has 0 aliphatic rings. The smallest absolute Gasteiger partial charge is 0.120 e. The molecule has 3 rings (SSSR count). The topological polar surface area (TPSA) is 35.2 Å². The van der Waals surface area contributed by atoms with Crippen molar-refractivity contribution in [3.8, 4) is 5.75 Å². The Kier molecular flexibility index (Phi) is 3.66. The Bertz CT molecular complexity index is 753. The van der Waals surface area contributed by atoms with E-state index in [0.717, 1.165) is 16.9 Å². The second-order valence-electron chi connectivity index (χ2n) is 4.55. The highest BCUT2D eigenvalue weighted by molar-refractivity contribution is 7.17. The maximum Gasteiger partial charge on any atom is 0.120 e. The molecule has 2 N–H and O–H groups in total. The Balaban J connectivity index is 2.06. The molecule has 0 bridgehead atoms. The molecule has 1 unspecified atom stereocenters. The average Bonchev–Trinajstić information content (AvgIpc) is 2.90. The summed E-state index contributed by atoms with van der Waals surface area (Å²) in [6, 6.07) is 13.6. The highest BCUT2D eigenvalue weighted by atomic mass is 35.5. The Morgan fingerprint density at radius 2 is 1.95 bits per heavy atom. The van der Waals surface area contributed by atoms with E-state index < -0.39 is 0 Å². The Morgan fingerprint density at radius 1 is 1.15 bits per heavy atom. The number of hydrogen-bond acceptors (Lipinski definition) is 3. The first kappa shape index (κ1) is 13.4. The summed E-state index contributed by atoms with van der Waals surface area (Å²) in [7, 11) is 1.62. The van der Waals surface area contributed by atoms with Crippen LogP contribution in [0.25, 0.3) is 10.1 Å². The van der Waals surface area contributed by atoms with Crippen LogP contribution >= 0.6 is 22.9 Å². The van der Waals surface area contributed by atoms with Gasteiger partial charge in [-0.25, -0.2) is 0 Å². The van der Waals surface area contributed by atoms with E-state index >= 15 is 0 Å². The molecule has 0 spiro atoms. The SMILES string of the molecule is COc1ccc(C(N)c2csc3ccccc23)c(Cl)c1. The number of ether oxygens (including phenoxy) is 1. The Hall–Kier alpha value is -1.55. The van der Waals surface area contributed by atoms with Gasteiger partial charge < -0.3 is 10.5 Å². The third-order valence-electron chi connectivity index (χ3n) is 3.39. The van der Waals surface area contributed by atoms with Crippen molar-refractivity contribution in [2.75, 3.05) is 7.11 Å². The van der Waals surface area contributed by atoms with Crippen LogP contribution in [-0.4, -0.2) is 7.11 Å². The lowest BCUT2D eigenvalue weighted by Gasteiger charge is -2.14. The van der Waals surface area contributed by atoms with Crippen molar-refractivity contribution in [2.24, 2.45) is 5.73 Å². The van der Waals surface area contributed by atoms with Crippen molar-refractivity contribution in [1.82, 2.24) is 0 Å². The highest BCUT2D eigenvalue weighted by Crippen LogP contribution is 2.35. The van der Waals surface area contributed by atoms with Crippen molar-refractivity contribution in [3.05, 3.63) is 64.0 Å². The summed E-state index contributed by atoms with van der Waals surface area (Å²) in [6.45, 7) is 0. The number of hydrogen-bond donors (Lipinski definition) is 1. The number of rotatable bonds is 3. The number of fused-ring (bicyclic) bond motifs is 1. The zero-order valence-corrected chi connectivity index (χ0v) is 12.5. The van der Waals surface area contributed by atoms with Crippen LogP contribution in [0.15, 0.2) is 47.8 Å². The zero-order valence-electron chi connectivity index (χ0n) is 11.0. The van der Waals surface area contributed by atoms with Crippen LogP contribution < -0.4 is 10.5 Å². The predicted octanol–water partition coefficient (Wildman–Crippen LogP) is 4.61. The number of nitrogens with two attached hydrogens (primary N) is 1. The minimum absolute atomic E-state index is 0.232. The van der Waals surface area contributed by atoms with E-state index in [1.807, 2.05) is 24.3 Å². The molecule has 3 aromatic rings. The zero-order chi connectivity index (χ0) is 14.1. The van der Waals surface area contributed by atoms with Crippen LogP contribution in [0.3, 0.4) is 0 Å². The quantitative estimate of drug-likeness (QED) is 0.767. The van der Waals surface area contributed by atoms with Crippen LogP contribution in [0.1, 0.15) is 17.2 Å². The monoisotopic (exact) mass is 303 g/mol. The summed E-state index contributed by atoms with van der Waals surface area (Å²) in [5.74, 6) is 0.737. The third-order valence-corrected chi connectivity index (χ3v) is 4.70. The largest absolute Gasteiger partial charge is 0.497 e. The van der Waals surface area contributed by atoms with Crippen LogP contribution in [0, 0.1) is 0 Å². The number of halogens is 1. The first-order valence-electron chi connectivity index (χ1n) is 6.26. The van der Waals surface area contributed by atoms with Gasteiger partial charge in [-0.3, -0.25) is 0 Å². The van der Waals surface area contributed by atoms with Gasteiger partial charge in [0.05, 0.1) is 13.2 Å². The molecule has 1 atom stereocenters. The van der Waals surface area contributed by atoms with Gasteiger partial charge in [-0.15, -0.1) is 11.3 Å². The fraction of sp³-hybridized carbons (Fsp3) is 0.125. The summed E-state index contributed by atoms with van der Waals surface area (Å²) >= 11 is 8.02. The molecule has 20 heavy (non-hydrogen) atoms. The molecule has 2 nitrogen and oxygen atoms in total. The summed E-state index contributed by atoms with van der Waals surface area (Å²) in [4.78, 5) is 0. The molecule has 0 radical (unpaired) electrons. The molecule has 1 heterocycles. The van der Waals surface area contributed by atoms with Gasteiger partial charge in [0.25, 0.3) is 0 Å². The Morgan fingerprint density at radius 3 is 2.70 bits per heavy atom. The van der Waals surface area contributed by atoms with Gasteiger partial charge in [0.1, 0.15) is 5.75 Å². The summed E-state index contributed by atoms with van der Waals surface area (Å²) in [5, 5.41) is 3.93. The molecule has 4 heteroatoms. The lowest BCUT2D eigenvalue weighted by Crippen LogP contribution is -2.11. The average molecular weight is 304 g/mol. The lowest BCUT2D eigenvalue weighted by molar-refractivity contribution is 0.414. The minimum Gasteiger partial charge on any atom is -0.497 e. The minimum atomic E-state index is -0.232. The van der Waals surface area contributed by atoms with E-state index in [1.165, 1.54) is 10.1 Å². The van der Waals surface area contributed by atoms with Crippen molar-refractivity contribution in [1.29, 1.82) is 0 Å². The highest BCUT2D eigenvalue weighted by Gasteiger charge is 2.16. The van der Waals surface area contributed by atoms with Crippen molar-refractivity contribution < 1.29 is 4.74 Å².